The number of hydrogen-bond acceptors (Lipinski definition) is 3. The van der Waals surface area contributed by atoms with E-state index < -0.39 is 0 Å². The molecule has 0 atom stereocenters. The van der Waals surface area contributed by atoms with Crippen LogP contribution in [-0.2, 0) is 4.74 Å². The molecule has 2 aromatic rings. The maximum absolute atomic E-state index is 13.3. The highest BCUT2D eigenvalue weighted by Gasteiger charge is 2.27. The molecule has 2 aliphatic heterocycles. The van der Waals surface area contributed by atoms with Crippen LogP contribution in [0.1, 0.15) is 12.8 Å². The summed E-state index contributed by atoms with van der Waals surface area (Å²) in [6, 6.07) is 14.3. The normalized spacial score (nSPS) is 17.5. The van der Waals surface area contributed by atoms with E-state index in [4.69, 9.17) is 4.74 Å². The highest BCUT2D eigenvalue weighted by atomic mass is 19.1. The van der Waals surface area contributed by atoms with E-state index in [1.54, 1.807) is 17.0 Å². The van der Waals surface area contributed by atoms with E-state index in [0.717, 1.165) is 43.1 Å². The molecule has 1 saturated heterocycles. The molecule has 0 spiro atoms. The molecule has 6 heteroatoms. The molecular weight excluding hydrogens is 345 g/mol. The molecule has 2 aliphatic rings. The second-order valence-corrected chi connectivity index (χ2v) is 7.01. The fraction of sp³-hybridized carbons (Fsp3) is 0.381. The first kappa shape index (κ1) is 17.8. The van der Waals surface area contributed by atoms with Gasteiger partial charge in [0.1, 0.15) is 5.82 Å². The Labute approximate surface area is 158 Å². The number of urea groups is 1. The number of nitrogens with zero attached hydrogens (tertiary/aromatic N) is 2. The van der Waals surface area contributed by atoms with Gasteiger partial charge in [-0.15, -0.1) is 0 Å². The molecule has 27 heavy (non-hydrogen) atoms. The Bertz CT molecular complexity index is 790. The maximum atomic E-state index is 13.3. The Morgan fingerprint density at radius 3 is 2.48 bits per heavy atom. The third-order valence-corrected chi connectivity index (χ3v) is 5.28. The van der Waals surface area contributed by atoms with Crippen LogP contribution in [0, 0.1) is 11.7 Å². The summed E-state index contributed by atoms with van der Waals surface area (Å²) in [5.41, 5.74) is 2.75. The number of rotatable bonds is 3. The van der Waals surface area contributed by atoms with Crippen LogP contribution < -0.4 is 15.1 Å². The zero-order chi connectivity index (χ0) is 18.6. The van der Waals surface area contributed by atoms with Gasteiger partial charge in [0.25, 0.3) is 0 Å². The van der Waals surface area contributed by atoms with Crippen LogP contribution in [0.2, 0.25) is 0 Å². The second kappa shape index (κ2) is 7.96. The quantitative estimate of drug-likeness (QED) is 0.892. The minimum atomic E-state index is -0.252. The zero-order valence-corrected chi connectivity index (χ0v) is 15.2. The van der Waals surface area contributed by atoms with E-state index in [9.17, 15) is 9.18 Å². The number of hydrogen-bond donors (Lipinski definition) is 1. The van der Waals surface area contributed by atoms with Crippen LogP contribution in [0.25, 0.3) is 0 Å². The van der Waals surface area contributed by atoms with Crippen LogP contribution in [0.15, 0.2) is 48.5 Å². The van der Waals surface area contributed by atoms with Gasteiger partial charge in [0.05, 0.1) is 11.4 Å². The summed E-state index contributed by atoms with van der Waals surface area (Å²) < 4.78 is 18.6. The summed E-state index contributed by atoms with van der Waals surface area (Å²) in [6.07, 6.45) is 1.99. The summed E-state index contributed by atoms with van der Waals surface area (Å²) in [6.45, 7) is 3.48. The van der Waals surface area contributed by atoms with E-state index >= 15 is 0 Å². The van der Waals surface area contributed by atoms with Gasteiger partial charge in [-0.3, -0.25) is 4.90 Å². The Hall–Kier alpha value is -2.60. The van der Waals surface area contributed by atoms with E-state index in [1.807, 2.05) is 24.3 Å². The van der Waals surface area contributed by atoms with Crippen molar-refractivity contribution in [3.63, 3.8) is 0 Å². The van der Waals surface area contributed by atoms with Crippen molar-refractivity contribution in [2.45, 2.75) is 12.8 Å². The van der Waals surface area contributed by atoms with Crippen LogP contribution in [0.5, 0.6) is 0 Å². The van der Waals surface area contributed by atoms with E-state index in [-0.39, 0.29) is 11.8 Å². The molecule has 1 fully saturated rings. The monoisotopic (exact) mass is 369 g/mol. The molecule has 0 bridgehead atoms. The van der Waals surface area contributed by atoms with E-state index in [1.165, 1.54) is 12.1 Å². The predicted octanol–water partition coefficient (Wildman–Crippen LogP) is 3.92. The summed E-state index contributed by atoms with van der Waals surface area (Å²) in [5, 5.41) is 3.09. The van der Waals surface area contributed by atoms with Gasteiger partial charge in [-0.05, 0) is 55.2 Å². The third-order valence-electron chi connectivity index (χ3n) is 5.28. The molecule has 0 aliphatic carbocycles. The number of para-hydroxylation sites is 2. The molecule has 4 rings (SSSR count). The topological polar surface area (TPSA) is 44.8 Å². The minimum Gasteiger partial charge on any atom is -0.381 e. The number of carbonyl (C=O) groups excluding carboxylic acids is 1. The Morgan fingerprint density at radius 2 is 1.74 bits per heavy atom. The SMILES string of the molecule is O=C(NCC1CCOCC1)N1CCN(c2ccc(F)cc2)c2ccccc21. The number of amides is 2. The highest BCUT2D eigenvalue weighted by molar-refractivity contribution is 5.97. The minimum absolute atomic E-state index is 0.0623. The molecule has 2 amide bonds. The van der Waals surface area contributed by atoms with Crippen molar-refractivity contribution in [1.82, 2.24) is 5.32 Å². The molecule has 142 valence electrons. The summed E-state index contributed by atoms with van der Waals surface area (Å²) >= 11 is 0. The van der Waals surface area contributed by atoms with Gasteiger partial charge in [0, 0.05) is 38.5 Å². The number of nitrogens with one attached hydrogen (secondary N) is 1. The lowest BCUT2D eigenvalue weighted by Crippen LogP contribution is -2.48. The lowest BCUT2D eigenvalue weighted by molar-refractivity contribution is 0.0670. The lowest BCUT2D eigenvalue weighted by Gasteiger charge is -2.38. The maximum Gasteiger partial charge on any atom is 0.322 e. The summed E-state index contributed by atoms with van der Waals surface area (Å²) in [5.74, 6) is 0.233. The molecule has 0 unspecified atom stereocenters. The van der Waals surface area contributed by atoms with Crippen LogP contribution in [-0.4, -0.2) is 38.9 Å². The molecular formula is C21H24FN3O2. The smallest absolute Gasteiger partial charge is 0.322 e. The first-order chi connectivity index (χ1) is 13.2. The number of benzene rings is 2. The van der Waals surface area contributed by atoms with Crippen molar-refractivity contribution >= 4 is 23.1 Å². The second-order valence-electron chi connectivity index (χ2n) is 7.01. The van der Waals surface area contributed by atoms with Crippen molar-refractivity contribution < 1.29 is 13.9 Å². The van der Waals surface area contributed by atoms with Gasteiger partial charge in [0.15, 0.2) is 0 Å². The van der Waals surface area contributed by atoms with Gasteiger partial charge >= 0.3 is 6.03 Å². The number of anilines is 3. The van der Waals surface area contributed by atoms with Gasteiger partial charge in [-0.1, -0.05) is 12.1 Å². The highest BCUT2D eigenvalue weighted by Crippen LogP contribution is 2.37. The van der Waals surface area contributed by atoms with Gasteiger partial charge < -0.3 is 15.0 Å². The molecule has 0 saturated carbocycles. The number of carbonyl (C=O) groups is 1. The van der Waals surface area contributed by atoms with Crippen molar-refractivity contribution in [3.8, 4) is 0 Å². The van der Waals surface area contributed by atoms with Crippen molar-refractivity contribution in [2.24, 2.45) is 5.92 Å². The summed E-state index contributed by atoms with van der Waals surface area (Å²) in [4.78, 5) is 16.7. The van der Waals surface area contributed by atoms with Crippen LogP contribution >= 0.6 is 0 Å². The van der Waals surface area contributed by atoms with Gasteiger partial charge in [-0.2, -0.15) is 0 Å². The third kappa shape index (κ3) is 3.90. The van der Waals surface area contributed by atoms with Gasteiger partial charge in [0.2, 0.25) is 0 Å². The number of fused-ring (bicyclic) bond motifs is 1. The molecule has 5 nitrogen and oxygen atoms in total. The van der Waals surface area contributed by atoms with E-state index in [2.05, 4.69) is 10.2 Å². The first-order valence-electron chi connectivity index (χ1n) is 9.47. The standard InChI is InChI=1S/C21H24FN3O2/c22-17-5-7-18(8-6-17)24-11-12-25(20-4-2-1-3-19(20)24)21(26)23-15-16-9-13-27-14-10-16/h1-8,16H,9-15H2,(H,23,26). The average molecular weight is 369 g/mol. The van der Waals surface area contributed by atoms with Crippen molar-refractivity contribution in [1.29, 1.82) is 0 Å². The average Bonchev–Trinajstić information content (AvgIpc) is 2.73. The fourth-order valence-electron chi connectivity index (χ4n) is 3.74. The number of halogens is 1. The lowest BCUT2D eigenvalue weighted by atomic mass is 10.0. The largest absolute Gasteiger partial charge is 0.381 e. The van der Waals surface area contributed by atoms with Crippen LogP contribution in [0.3, 0.4) is 0 Å². The van der Waals surface area contributed by atoms with Crippen molar-refractivity contribution in [2.75, 3.05) is 42.6 Å². The predicted molar refractivity (Wildman–Crippen MR) is 104 cm³/mol. The molecule has 2 aromatic carbocycles. The first-order valence-corrected chi connectivity index (χ1v) is 9.47. The number of ether oxygens (including phenoxy) is 1. The zero-order valence-electron chi connectivity index (χ0n) is 15.2. The molecule has 0 aromatic heterocycles. The van der Waals surface area contributed by atoms with Crippen molar-refractivity contribution in [3.05, 3.63) is 54.3 Å². The van der Waals surface area contributed by atoms with Crippen LogP contribution in [0.4, 0.5) is 26.2 Å². The Balaban J connectivity index is 1.50. The van der Waals surface area contributed by atoms with E-state index in [0.29, 0.717) is 25.6 Å². The Kier molecular flexibility index (Phi) is 5.25. The Morgan fingerprint density at radius 1 is 1.04 bits per heavy atom. The summed E-state index contributed by atoms with van der Waals surface area (Å²) in [7, 11) is 0. The molecule has 0 radical (unpaired) electrons. The fourth-order valence-corrected chi connectivity index (χ4v) is 3.74. The molecule has 2 heterocycles. The van der Waals surface area contributed by atoms with Gasteiger partial charge in [-0.25, -0.2) is 9.18 Å². The molecule has 1 N–H and O–H groups in total.